The van der Waals surface area contributed by atoms with Gasteiger partial charge in [-0.2, -0.15) is 0 Å². The molecule has 7 nitrogen and oxygen atoms in total. The largest absolute Gasteiger partial charge is 0.484 e. The van der Waals surface area contributed by atoms with Gasteiger partial charge in [-0.1, -0.05) is 0 Å². The summed E-state index contributed by atoms with van der Waals surface area (Å²) in [4.78, 5) is 21.4. The Hall–Kier alpha value is -2.15. The predicted molar refractivity (Wildman–Crippen MR) is 68.1 cm³/mol. The highest BCUT2D eigenvalue weighted by atomic mass is 16.6. The van der Waals surface area contributed by atoms with Crippen LogP contribution in [0.25, 0.3) is 0 Å². The van der Waals surface area contributed by atoms with Gasteiger partial charge in [0.2, 0.25) is 0 Å². The summed E-state index contributed by atoms with van der Waals surface area (Å²) >= 11 is 0. The first-order valence-electron chi connectivity index (χ1n) is 5.68. The topological polar surface area (TPSA) is 90.7 Å². The highest BCUT2D eigenvalue weighted by Crippen LogP contribution is 2.16. The fourth-order valence-electron chi connectivity index (χ4n) is 1.42. The second-order valence-electron chi connectivity index (χ2n) is 3.96. The predicted octanol–water partition coefficient (Wildman–Crippen LogP) is 1.12. The van der Waals surface area contributed by atoms with Gasteiger partial charge in [-0.3, -0.25) is 14.9 Å². The molecule has 0 aromatic heterocycles. The molecule has 0 bridgehead atoms. The van der Waals surface area contributed by atoms with Gasteiger partial charge in [-0.05, 0) is 19.1 Å². The van der Waals surface area contributed by atoms with E-state index in [1.54, 1.807) is 7.11 Å². The molecule has 0 saturated heterocycles. The van der Waals surface area contributed by atoms with Crippen molar-refractivity contribution >= 4 is 11.6 Å². The van der Waals surface area contributed by atoms with Gasteiger partial charge in [0.1, 0.15) is 5.75 Å². The molecule has 0 fully saturated rings. The Labute approximate surface area is 110 Å². The van der Waals surface area contributed by atoms with Crippen molar-refractivity contribution in [3.05, 3.63) is 34.4 Å². The summed E-state index contributed by atoms with van der Waals surface area (Å²) in [5.74, 6) is 0.128. The lowest BCUT2D eigenvalue weighted by Crippen LogP contribution is -2.38. The van der Waals surface area contributed by atoms with E-state index in [1.807, 2.05) is 6.92 Å². The number of non-ortho nitro benzene ring substituents is 1. The van der Waals surface area contributed by atoms with E-state index in [0.717, 1.165) is 0 Å². The SMILES string of the molecule is COCC(C)NC(=O)COc1ccc([N+](=O)[O-])cc1. The number of hydrogen-bond acceptors (Lipinski definition) is 5. The number of carbonyl (C=O) groups excluding carboxylic acids is 1. The van der Waals surface area contributed by atoms with Crippen LogP contribution in [0.2, 0.25) is 0 Å². The summed E-state index contributed by atoms with van der Waals surface area (Å²) < 4.78 is 10.1. The van der Waals surface area contributed by atoms with Crippen LogP contribution in [0.1, 0.15) is 6.92 Å². The van der Waals surface area contributed by atoms with Gasteiger partial charge < -0.3 is 14.8 Å². The van der Waals surface area contributed by atoms with Crippen LogP contribution in [-0.4, -0.2) is 37.2 Å². The number of benzene rings is 1. The zero-order valence-electron chi connectivity index (χ0n) is 10.8. The van der Waals surface area contributed by atoms with Gasteiger partial charge in [0.15, 0.2) is 6.61 Å². The van der Waals surface area contributed by atoms with Gasteiger partial charge >= 0.3 is 0 Å². The maximum Gasteiger partial charge on any atom is 0.269 e. The van der Waals surface area contributed by atoms with Crippen molar-refractivity contribution in [2.75, 3.05) is 20.3 Å². The molecule has 1 unspecified atom stereocenters. The molecular weight excluding hydrogens is 252 g/mol. The van der Waals surface area contributed by atoms with Gasteiger partial charge in [-0.25, -0.2) is 0 Å². The Balaban J connectivity index is 2.39. The Kier molecular flexibility index (Phi) is 5.74. The van der Waals surface area contributed by atoms with Crippen molar-refractivity contribution in [2.24, 2.45) is 0 Å². The van der Waals surface area contributed by atoms with Crippen molar-refractivity contribution < 1.29 is 19.2 Å². The molecule has 0 aliphatic heterocycles. The van der Waals surface area contributed by atoms with Crippen LogP contribution >= 0.6 is 0 Å². The Morgan fingerprint density at radius 2 is 2.05 bits per heavy atom. The first-order valence-corrected chi connectivity index (χ1v) is 5.68. The van der Waals surface area contributed by atoms with E-state index in [0.29, 0.717) is 12.4 Å². The van der Waals surface area contributed by atoms with Crippen molar-refractivity contribution in [3.63, 3.8) is 0 Å². The number of nitrogens with one attached hydrogen (secondary N) is 1. The highest BCUT2D eigenvalue weighted by molar-refractivity contribution is 5.77. The Bertz CT molecular complexity index is 432. The molecule has 19 heavy (non-hydrogen) atoms. The third-order valence-electron chi connectivity index (χ3n) is 2.24. The summed E-state index contributed by atoms with van der Waals surface area (Å²) in [6.07, 6.45) is 0. The fourth-order valence-corrected chi connectivity index (χ4v) is 1.42. The molecule has 0 aliphatic carbocycles. The molecule has 1 aromatic carbocycles. The van der Waals surface area contributed by atoms with Crippen LogP contribution in [-0.2, 0) is 9.53 Å². The van der Waals surface area contributed by atoms with Gasteiger partial charge in [0.25, 0.3) is 11.6 Å². The third-order valence-corrected chi connectivity index (χ3v) is 2.24. The van der Waals surface area contributed by atoms with Crippen molar-refractivity contribution in [1.29, 1.82) is 0 Å². The van der Waals surface area contributed by atoms with E-state index in [-0.39, 0.29) is 24.2 Å². The molecule has 104 valence electrons. The molecule has 7 heteroatoms. The minimum Gasteiger partial charge on any atom is -0.484 e. The molecular formula is C12H16N2O5. The first kappa shape index (κ1) is 14.9. The monoisotopic (exact) mass is 268 g/mol. The standard InChI is InChI=1S/C12H16N2O5/c1-9(7-18-2)13-12(15)8-19-11-5-3-10(4-6-11)14(16)17/h3-6,9H,7-8H2,1-2H3,(H,13,15). The van der Waals surface area contributed by atoms with E-state index in [9.17, 15) is 14.9 Å². The van der Waals surface area contributed by atoms with E-state index in [4.69, 9.17) is 9.47 Å². The summed E-state index contributed by atoms with van der Waals surface area (Å²) in [6.45, 7) is 2.09. The van der Waals surface area contributed by atoms with Crippen LogP contribution in [0.4, 0.5) is 5.69 Å². The summed E-state index contributed by atoms with van der Waals surface area (Å²) in [5.41, 5.74) is -0.0227. The molecule has 0 saturated carbocycles. The maximum atomic E-state index is 11.5. The number of nitrogens with zero attached hydrogens (tertiary/aromatic N) is 1. The molecule has 0 radical (unpaired) electrons. The smallest absolute Gasteiger partial charge is 0.269 e. The number of nitro groups is 1. The van der Waals surface area contributed by atoms with Gasteiger partial charge in [0, 0.05) is 25.3 Å². The van der Waals surface area contributed by atoms with Crippen LogP contribution in [0.3, 0.4) is 0 Å². The molecule has 0 aliphatic rings. The fraction of sp³-hybridized carbons (Fsp3) is 0.417. The Morgan fingerprint density at radius 3 is 2.58 bits per heavy atom. The zero-order chi connectivity index (χ0) is 14.3. The number of ether oxygens (including phenoxy) is 2. The average Bonchev–Trinajstić information content (AvgIpc) is 2.37. The second kappa shape index (κ2) is 7.32. The maximum absolute atomic E-state index is 11.5. The number of hydrogen-bond donors (Lipinski definition) is 1. The van der Waals surface area contributed by atoms with E-state index >= 15 is 0 Å². The van der Waals surface area contributed by atoms with Crippen LogP contribution < -0.4 is 10.1 Å². The molecule has 1 N–H and O–H groups in total. The average molecular weight is 268 g/mol. The summed E-state index contributed by atoms with van der Waals surface area (Å²) in [5, 5.41) is 13.1. The normalized spacial score (nSPS) is 11.7. The minimum atomic E-state index is -0.497. The van der Waals surface area contributed by atoms with Gasteiger partial charge in [0.05, 0.1) is 11.5 Å². The molecule has 1 atom stereocenters. The lowest BCUT2D eigenvalue weighted by Gasteiger charge is -2.13. The zero-order valence-corrected chi connectivity index (χ0v) is 10.8. The quantitative estimate of drug-likeness (QED) is 0.591. The second-order valence-corrected chi connectivity index (χ2v) is 3.96. The Morgan fingerprint density at radius 1 is 1.42 bits per heavy atom. The van der Waals surface area contributed by atoms with Crippen molar-refractivity contribution in [1.82, 2.24) is 5.32 Å². The van der Waals surface area contributed by atoms with E-state index in [1.165, 1.54) is 24.3 Å². The molecule has 1 rings (SSSR count). The molecule has 1 amide bonds. The lowest BCUT2D eigenvalue weighted by atomic mass is 10.3. The van der Waals surface area contributed by atoms with E-state index < -0.39 is 4.92 Å². The summed E-state index contributed by atoms with van der Waals surface area (Å²) in [7, 11) is 1.55. The van der Waals surface area contributed by atoms with Gasteiger partial charge in [-0.15, -0.1) is 0 Å². The first-order chi connectivity index (χ1) is 9.02. The van der Waals surface area contributed by atoms with Crippen LogP contribution in [0, 0.1) is 10.1 Å². The van der Waals surface area contributed by atoms with Crippen LogP contribution in [0.15, 0.2) is 24.3 Å². The third kappa shape index (κ3) is 5.35. The molecule has 0 heterocycles. The molecule has 0 spiro atoms. The number of carbonyl (C=O) groups is 1. The minimum absolute atomic E-state index is 0.0227. The van der Waals surface area contributed by atoms with Crippen LogP contribution in [0.5, 0.6) is 5.75 Å². The van der Waals surface area contributed by atoms with E-state index in [2.05, 4.69) is 5.32 Å². The number of amides is 1. The molecule has 1 aromatic rings. The number of methoxy groups -OCH3 is 1. The number of nitro benzene ring substituents is 1. The number of rotatable bonds is 7. The summed E-state index contributed by atoms with van der Waals surface area (Å²) in [6, 6.07) is 5.44. The van der Waals surface area contributed by atoms with Crippen molar-refractivity contribution in [3.8, 4) is 5.75 Å². The highest BCUT2D eigenvalue weighted by Gasteiger charge is 2.09. The van der Waals surface area contributed by atoms with Crippen molar-refractivity contribution in [2.45, 2.75) is 13.0 Å². The lowest BCUT2D eigenvalue weighted by molar-refractivity contribution is -0.384.